The van der Waals surface area contributed by atoms with Crippen LogP contribution in [0.4, 0.5) is 0 Å². The normalized spacial score (nSPS) is 11.1. The molecule has 1 aromatic rings. The minimum Gasteiger partial charge on any atom is -0.454 e. The molecule has 0 aliphatic carbocycles. The van der Waals surface area contributed by atoms with E-state index in [0.29, 0.717) is 26.0 Å². The van der Waals surface area contributed by atoms with Crippen molar-refractivity contribution >= 4 is 5.91 Å². The molecule has 0 aromatic heterocycles. The van der Waals surface area contributed by atoms with Gasteiger partial charge >= 0.3 is 0 Å². The fraction of sp³-hybridized carbons (Fsp3) is 0.588. The van der Waals surface area contributed by atoms with Crippen LogP contribution in [0.25, 0.3) is 0 Å². The Morgan fingerprint density at radius 1 is 1.30 bits per heavy atom. The van der Waals surface area contributed by atoms with Gasteiger partial charge in [0.05, 0.1) is 6.61 Å². The standard InChI is InChI=1S/C13H18N2O4.C3H8.CH4/c14-19-7-1-2-13(16)15-6-5-10-3-4-11-12(8-10)18-9-17-11;1-3-2;/h3-4,8H,1-2,5-7,9,14H2,(H,15,16);3H2,1-2H3;1H4. The van der Waals surface area contributed by atoms with Gasteiger partial charge in [-0.1, -0.05) is 33.8 Å². The highest BCUT2D eigenvalue weighted by atomic mass is 16.7. The van der Waals surface area contributed by atoms with E-state index < -0.39 is 0 Å². The first-order valence-electron chi connectivity index (χ1n) is 7.68. The number of fused-ring (bicyclic) bond motifs is 1. The molecule has 3 N–H and O–H groups in total. The van der Waals surface area contributed by atoms with Gasteiger partial charge in [-0.25, -0.2) is 5.90 Å². The lowest BCUT2D eigenvalue weighted by molar-refractivity contribution is -0.121. The molecular weight excluding hydrogens is 296 g/mol. The summed E-state index contributed by atoms with van der Waals surface area (Å²) in [5.41, 5.74) is 1.11. The third-order valence-corrected chi connectivity index (χ3v) is 2.84. The second-order valence-corrected chi connectivity index (χ2v) is 4.97. The molecule has 0 spiro atoms. The van der Waals surface area contributed by atoms with Gasteiger partial charge in [-0.05, 0) is 30.5 Å². The van der Waals surface area contributed by atoms with Gasteiger partial charge in [0.1, 0.15) is 0 Å². The summed E-state index contributed by atoms with van der Waals surface area (Å²) in [4.78, 5) is 15.8. The average molecular weight is 326 g/mol. The summed E-state index contributed by atoms with van der Waals surface area (Å²) < 4.78 is 10.5. The Labute approximate surface area is 139 Å². The second-order valence-electron chi connectivity index (χ2n) is 4.97. The number of carbonyl (C=O) groups is 1. The predicted octanol–water partition coefficient (Wildman–Crippen LogP) is 2.80. The summed E-state index contributed by atoms with van der Waals surface area (Å²) in [6.07, 6.45) is 3.07. The minimum atomic E-state index is 0. The maximum absolute atomic E-state index is 11.4. The molecule has 0 unspecified atom stereocenters. The lowest BCUT2D eigenvalue weighted by atomic mass is 10.1. The van der Waals surface area contributed by atoms with Crippen LogP contribution in [-0.2, 0) is 16.1 Å². The average Bonchev–Trinajstić information content (AvgIpc) is 2.96. The lowest BCUT2D eigenvalue weighted by Gasteiger charge is -2.06. The van der Waals surface area contributed by atoms with E-state index in [9.17, 15) is 4.79 Å². The van der Waals surface area contributed by atoms with Gasteiger partial charge in [-0.15, -0.1) is 0 Å². The first kappa shape index (κ1) is 21.2. The number of amides is 1. The SMILES string of the molecule is C.CCC.NOCCCC(=O)NCCc1ccc2c(c1)OCO2. The van der Waals surface area contributed by atoms with Crippen molar-refractivity contribution in [1.82, 2.24) is 5.32 Å². The van der Waals surface area contributed by atoms with Crippen LogP contribution in [0.5, 0.6) is 11.5 Å². The van der Waals surface area contributed by atoms with Crippen LogP contribution in [-0.4, -0.2) is 25.9 Å². The molecule has 23 heavy (non-hydrogen) atoms. The van der Waals surface area contributed by atoms with E-state index in [2.05, 4.69) is 24.0 Å². The van der Waals surface area contributed by atoms with Crippen molar-refractivity contribution in [2.75, 3.05) is 19.9 Å². The Morgan fingerprint density at radius 3 is 2.70 bits per heavy atom. The Kier molecular flexibility index (Phi) is 11.7. The maximum atomic E-state index is 11.4. The van der Waals surface area contributed by atoms with Gasteiger partial charge in [-0.3, -0.25) is 4.79 Å². The Hall–Kier alpha value is -1.79. The fourth-order valence-corrected chi connectivity index (χ4v) is 1.85. The molecule has 1 aromatic carbocycles. The summed E-state index contributed by atoms with van der Waals surface area (Å²) in [5, 5.41) is 2.85. The Bertz CT molecular complexity index is 452. The lowest BCUT2D eigenvalue weighted by Crippen LogP contribution is -2.25. The van der Waals surface area contributed by atoms with Crippen molar-refractivity contribution in [2.24, 2.45) is 5.90 Å². The zero-order valence-electron chi connectivity index (χ0n) is 13.4. The van der Waals surface area contributed by atoms with E-state index in [4.69, 9.17) is 15.4 Å². The molecule has 1 aliphatic rings. The smallest absolute Gasteiger partial charge is 0.231 e. The molecule has 0 bridgehead atoms. The quantitative estimate of drug-likeness (QED) is 0.595. The summed E-state index contributed by atoms with van der Waals surface area (Å²) in [5.74, 6) is 6.43. The van der Waals surface area contributed by atoms with Gasteiger partial charge in [0.25, 0.3) is 0 Å². The number of nitrogens with one attached hydrogen (secondary N) is 1. The van der Waals surface area contributed by atoms with Crippen LogP contribution in [0.2, 0.25) is 0 Å². The highest BCUT2D eigenvalue weighted by Crippen LogP contribution is 2.32. The van der Waals surface area contributed by atoms with Crippen LogP contribution in [0.1, 0.15) is 46.1 Å². The number of hydrogen-bond donors (Lipinski definition) is 2. The van der Waals surface area contributed by atoms with Gasteiger partial charge < -0.3 is 19.6 Å². The molecule has 1 aliphatic heterocycles. The van der Waals surface area contributed by atoms with Crippen molar-refractivity contribution in [2.45, 2.75) is 47.0 Å². The third kappa shape index (κ3) is 8.42. The Morgan fingerprint density at radius 2 is 2.00 bits per heavy atom. The van der Waals surface area contributed by atoms with Crippen LogP contribution in [0.15, 0.2) is 18.2 Å². The van der Waals surface area contributed by atoms with Crippen LogP contribution >= 0.6 is 0 Å². The van der Waals surface area contributed by atoms with Crippen molar-refractivity contribution in [3.05, 3.63) is 23.8 Å². The van der Waals surface area contributed by atoms with Gasteiger partial charge in [0, 0.05) is 13.0 Å². The summed E-state index contributed by atoms with van der Waals surface area (Å²) in [6.45, 7) is 5.52. The number of rotatable bonds is 7. The molecule has 6 heteroatoms. The monoisotopic (exact) mass is 326 g/mol. The van der Waals surface area contributed by atoms with E-state index in [1.54, 1.807) is 0 Å². The van der Waals surface area contributed by atoms with Crippen molar-refractivity contribution in [1.29, 1.82) is 0 Å². The fourth-order valence-electron chi connectivity index (χ4n) is 1.85. The predicted molar refractivity (Wildman–Crippen MR) is 91.3 cm³/mol. The van der Waals surface area contributed by atoms with Gasteiger partial charge in [-0.2, -0.15) is 0 Å². The molecular formula is C17H30N2O4. The summed E-state index contributed by atoms with van der Waals surface area (Å²) >= 11 is 0. The van der Waals surface area contributed by atoms with Crippen molar-refractivity contribution in [3.63, 3.8) is 0 Å². The van der Waals surface area contributed by atoms with E-state index in [1.165, 1.54) is 6.42 Å². The third-order valence-electron chi connectivity index (χ3n) is 2.84. The first-order valence-corrected chi connectivity index (χ1v) is 7.68. The minimum absolute atomic E-state index is 0. The van der Waals surface area contributed by atoms with Crippen LogP contribution in [0, 0.1) is 0 Å². The molecule has 1 heterocycles. The summed E-state index contributed by atoms with van der Waals surface area (Å²) in [6, 6.07) is 5.80. The maximum Gasteiger partial charge on any atom is 0.231 e. The zero-order chi connectivity index (χ0) is 16.2. The molecule has 0 saturated carbocycles. The van der Waals surface area contributed by atoms with E-state index in [-0.39, 0.29) is 20.1 Å². The zero-order valence-corrected chi connectivity index (χ0v) is 13.4. The van der Waals surface area contributed by atoms with Crippen molar-refractivity contribution in [3.8, 4) is 11.5 Å². The molecule has 0 fully saturated rings. The molecule has 6 nitrogen and oxygen atoms in total. The van der Waals surface area contributed by atoms with E-state index >= 15 is 0 Å². The first-order chi connectivity index (χ1) is 10.7. The highest BCUT2D eigenvalue weighted by Gasteiger charge is 2.12. The van der Waals surface area contributed by atoms with E-state index in [1.807, 2.05) is 18.2 Å². The molecule has 0 radical (unpaired) electrons. The highest BCUT2D eigenvalue weighted by molar-refractivity contribution is 5.75. The summed E-state index contributed by atoms with van der Waals surface area (Å²) in [7, 11) is 0. The van der Waals surface area contributed by atoms with Crippen LogP contribution in [0.3, 0.4) is 0 Å². The second kappa shape index (κ2) is 12.7. The van der Waals surface area contributed by atoms with Gasteiger partial charge in [0.2, 0.25) is 12.7 Å². The van der Waals surface area contributed by atoms with Gasteiger partial charge in [0.15, 0.2) is 11.5 Å². The number of carbonyl (C=O) groups excluding carboxylic acids is 1. The molecule has 0 saturated heterocycles. The number of nitrogens with two attached hydrogens (primary N) is 1. The van der Waals surface area contributed by atoms with Crippen LogP contribution < -0.4 is 20.7 Å². The van der Waals surface area contributed by atoms with E-state index in [0.717, 1.165) is 23.5 Å². The Balaban J connectivity index is 0.00000112. The number of hydrogen-bond acceptors (Lipinski definition) is 5. The molecule has 0 atom stereocenters. The molecule has 132 valence electrons. The molecule has 2 rings (SSSR count). The largest absolute Gasteiger partial charge is 0.454 e. The number of ether oxygens (including phenoxy) is 2. The topological polar surface area (TPSA) is 82.8 Å². The number of benzene rings is 1. The van der Waals surface area contributed by atoms with Crippen molar-refractivity contribution < 1.29 is 19.1 Å². The molecule has 1 amide bonds.